The van der Waals surface area contributed by atoms with Gasteiger partial charge in [0.1, 0.15) is 5.82 Å². The fourth-order valence-electron chi connectivity index (χ4n) is 2.48. The molecule has 1 aromatic heterocycles. The summed E-state index contributed by atoms with van der Waals surface area (Å²) in [4.78, 5) is 20.9. The molecular formula is C17H31N3O. The first-order valence-electron chi connectivity index (χ1n) is 8.46. The van der Waals surface area contributed by atoms with Crippen LogP contribution in [0.2, 0.25) is 0 Å². The summed E-state index contributed by atoms with van der Waals surface area (Å²) in [5, 5.41) is 0. The third-order valence-corrected chi connectivity index (χ3v) is 3.86. The highest BCUT2D eigenvalue weighted by atomic mass is 16.2. The minimum atomic E-state index is 0.217. The van der Waals surface area contributed by atoms with Crippen molar-refractivity contribution >= 4 is 5.91 Å². The molecule has 0 bridgehead atoms. The molecule has 0 fully saturated rings. The molecule has 0 aromatic carbocycles. The van der Waals surface area contributed by atoms with E-state index >= 15 is 0 Å². The molecule has 0 aliphatic heterocycles. The summed E-state index contributed by atoms with van der Waals surface area (Å²) in [6.07, 6.45) is 15.7. The molecule has 1 N–H and O–H groups in total. The van der Waals surface area contributed by atoms with Crippen LogP contribution in [0, 0.1) is 0 Å². The molecule has 4 heteroatoms. The van der Waals surface area contributed by atoms with Gasteiger partial charge >= 0.3 is 0 Å². The minimum absolute atomic E-state index is 0.217. The Morgan fingerprint density at radius 3 is 2.29 bits per heavy atom. The molecule has 0 atom stereocenters. The smallest absolute Gasteiger partial charge is 0.222 e. The average Bonchev–Trinajstić information content (AvgIpc) is 2.98. The third kappa shape index (κ3) is 8.53. The van der Waals surface area contributed by atoms with Crippen LogP contribution in [-0.4, -0.2) is 27.8 Å². The van der Waals surface area contributed by atoms with Crippen LogP contribution < -0.4 is 0 Å². The van der Waals surface area contributed by atoms with Crippen LogP contribution in [-0.2, 0) is 11.3 Å². The maximum absolute atomic E-state index is 12.0. The number of carbonyl (C=O) groups is 1. The van der Waals surface area contributed by atoms with Gasteiger partial charge in [0, 0.05) is 25.9 Å². The molecule has 1 heterocycles. The first kappa shape index (κ1) is 17.7. The number of hydrogen-bond donors (Lipinski definition) is 1. The van der Waals surface area contributed by atoms with Gasteiger partial charge in [-0.3, -0.25) is 4.79 Å². The molecule has 0 spiro atoms. The van der Waals surface area contributed by atoms with Crippen LogP contribution in [0.4, 0.5) is 0 Å². The van der Waals surface area contributed by atoms with Gasteiger partial charge in [0.05, 0.1) is 6.54 Å². The van der Waals surface area contributed by atoms with Gasteiger partial charge in [-0.1, -0.05) is 58.3 Å². The standard InChI is InChI=1S/C17H31N3O/c1-3-4-5-6-7-8-9-10-11-12-17(21)20(2)15-16-18-13-14-19-16/h13-14H,3-12,15H2,1-2H3,(H,18,19). The summed E-state index contributed by atoms with van der Waals surface area (Å²) in [6, 6.07) is 0. The van der Waals surface area contributed by atoms with E-state index in [2.05, 4.69) is 16.9 Å². The predicted octanol–water partition coefficient (Wildman–Crippen LogP) is 4.29. The SMILES string of the molecule is CCCCCCCCCCCC(=O)N(C)Cc1ncc[nH]1. The Bertz CT molecular complexity index is 362. The second-order valence-corrected chi connectivity index (χ2v) is 5.86. The summed E-state index contributed by atoms with van der Waals surface area (Å²) >= 11 is 0. The minimum Gasteiger partial charge on any atom is -0.347 e. The molecule has 1 amide bonds. The van der Waals surface area contributed by atoms with Crippen LogP contribution >= 0.6 is 0 Å². The molecule has 0 saturated heterocycles. The van der Waals surface area contributed by atoms with E-state index < -0.39 is 0 Å². The maximum Gasteiger partial charge on any atom is 0.222 e. The van der Waals surface area contributed by atoms with E-state index in [-0.39, 0.29) is 5.91 Å². The lowest BCUT2D eigenvalue weighted by Crippen LogP contribution is -2.26. The van der Waals surface area contributed by atoms with Crippen molar-refractivity contribution in [3.8, 4) is 0 Å². The van der Waals surface area contributed by atoms with Gasteiger partial charge in [-0.2, -0.15) is 0 Å². The maximum atomic E-state index is 12.0. The fraction of sp³-hybridized carbons (Fsp3) is 0.765. The molecule has 120 valence electrons. The zero-order valence-corrected chi connectivity index (χ0v) is 13.7. The number of H-pyrrole nitrogens is 1. The van der Waals surface area contributed by atoms with Crippen LogP contribution in [0.15, 0.2) is 12.4 Å². The topological polar surface area (TPSA) is 49.0 Å². The van der Waals surface area contributed by atoms with E-state index in [1.54, 1.807) is 17.3 Å². The first-order chi connectivity index (χ1) is 10.2. The summed E-state index contributed by atoms with van der Waals surface area (Å²) < 4.78 is 0. The molecule has 0 unspecified atom stereocenters. The molecule has 0 aliphatic rings. The lowest BCUT2D eigenvalue weighted by Gasteiger charge is -2.15. The van der Waals surface area contributed by atoms with Crippen molar-refractivity contribution in [1.82, 2.24) is 14.9 Å². The number of unbranched alkanes of at least 4 members (excludes halogenated alkanes) is 8. The normalized spacial score (nSPS) is 10.8. The Morgan fingerprint density at radius 2 is 1.71 bits per heavy atom. The Balaban J connectivity index is 1.95. The molecule has 0 aliphatic carbocycles. The Kier molecular flexibility index (Phi) is 9.58. The lowest BCUT2D eigenvalue weighted by molar-refractivity contribution is -0.130. The Hall–Kier alpha value is -1.32. The number of aromatic nitrogens is 2. The molecule has 0 radical (unpaired) electrons. The summed E-state index contributed by atoms with van der Waals surface area (Å²) in [5.74, 6) is 1.06. The van der Waals surface area contributed by atoms with E-state index in [0.717, 1.165) is 12.2 Å². The second-order valence-electron chi connectivity index (χ2n) is 5.86. The van der Waals surface area contributed by atoms with Crippen molar-refractivity contribution < 1.29 is 4.79 Å². The number of hydrogen-bond acceptors (Lipinski definition) is 2. The first-order valence-corrected chi connectivity index (χ1v) is 8.46. The van der Waals surface area contributed by atoms with Gasteiger partial charge in [-0.25, -0.2) is 4.98 Å². The van der Waals surface area contributed by atoms with Crippen molar-refractivity contribution in [3.05, 3.63) is 18.2 Å². The van der Waals surface area contributed by atoms with Gasteiger partial charge in [-0.15, -0.1) is 0 Å². The van der Waals surface area contributed by atoms with E-state index in [1.165, 1.54) is 51.4 Å². The summed E-state index contributed by atoms with van der Waals surface area (Å²) in [6.45, 7) is 2.82. The van der Waals surface area contributed by atoms with E-state index in [1.807, 2.05) is 7.05 Å². The zero-order chi connectivity index (χ0) is 15.3. The number of amides is 1. The monoisotopic (exact) mass is 293 g/mol. The Labute approximate surface area is 129 Å². The summed E-state index contributed by atoms with van der Waals surface area (Å²) in [7, 11) is 1.85. The van der Waals surface area contributed by atoms with Crippen molar-refractivity contribution in [2.45, 2.75) is 77.7 Å². The Morgan fingerprint density at radius 1 is 1.10 bits per heavy atom. The molecule has 1 aromatic rings. The number of carbonyl (C=O) groups excluding carboxylic acids is 1. The molecule has 4 nitrogen and oxygen atoms in total. The quantitative estimate of drug-likeness (QED) is 0.584. The highest BCUT2D eigenvalue weighted by Gasteiger charge is 2.09. The van der Waals surface area contributed by atoms with Gasteiger partial charge in [0.2, 0.25) is 5.91 Å². The second kappa shape index (κ2) is 11.4. The van der Waals surface area contributed by atoms with Gasteiger partial charge in [0.15, 0.2) is 0 Å². The fourth-order valence-corrected chi connectivity index (χ4v) is 2.48. The van der Waals surface area contributed by atoms with Crippen molar-refractivity contribution in [2.75, 3.05) is 7.05 Å². The van der Waals surface area contributed by atoms with Crippen LogP contribution in [0.1, 0.15) is 77.0 Å². The van der Waals surface area contributed by atoms with Crippen molar-refractivity contribution in [3.63, 3.8) is 0 Å². The molecule has 21 heavy (non-hydrogen) atoms. The number of aromatic amines is 1. The van der Waals surface area contributed by atoms with Crippen LogP contribution in [0.25, 0.3) is 0 Å². The predicted molar refractivity (Wildman–Crippen MR) is 86.9 cm³/mol. The number of nitrogens with one attached hydrogen (secondary N) is 1. The van der Waals surface area contributed by atoms with E-state index in [0.29, 0.717) is 13.0 Å². The van der Waals surface area contributed by atoms with E-state index in [4.69, 9.17) is 0 Å². The lowest BCUT2D eigenvalue weighted by atomic mass is 10.1. The highest BCUT2D eigenvalue weighted by Crippen LogP contribution is 2.11. The van der Waals surface area contributed by atoms with Crippen LogP contribution in [0.5, 0.6) is 0 Å². The molecule has 0 saturated carbocycles. The van der Waals surface area contributed by atoms with Gasteiger partial charge < -0.3 is 9.88 Å². The average molecular weight is 293 g/mol. The number of imidazole rings is 1. The van der Waals surface area contributed by atoms with Crippen molar-refractivity contribution in [2.24, 2.45) is 0 Å². The van der Waals surface area contributed by atoms with Gasteiger partial charge in [0.25, 0.3) is 0 Å². The van der Waals surface area contributed by atoms with Gasteiger partial charge in [-0.05, 0) is 6.42 Å². The van der Waals surface area contributed by atoms with Crippen LogP contribution in [0.3, 0.4) is 0 Å². The largest absolute Gasteiger partial charge is 0.347 e. The molecular weight excluding hydrogens is 262 g/mol. The zero-order valence-electron chi connectivity index (χ0n) is 13.7. The van der Waals surface area contributed by atoms with Crippen molar-refractivity contribution in [1.29, 1.82) is 0 Å². The number of rotatable bonds is 12. The molecule has 1 rings (SSSR count). The number of nitrogens with zero attached hydrogens (tertiary/aromatic N) is 2. The highest BCUT2D eigenvalue weighted by molar-refractivity contribution is 5.75. The summed E-state index contributed by atoms with van der Waals surface area (Å²) in [5.41, 5.74) is 0. The third-order valence-electron chi connectivity index (χ3n) is 3.86. The van der Waals surface area contributed by atoms with E-state index in [9.17, 15) is 4.79 Å².